The van der Waals surface area contributed by atoms with Crippen LogP contribution in [0.3, 0.4) is 0 Å². The van der Waals surface area contributed by atoms with Crippen molar-refractivity contribution in [2.24, 2.45) is 0 Å². The Kier molecular flexibility index (Phi) is 6.20. The second kappa shape index (κ2) is 9.41. The Labute approximate surface area is 195 Å². The van der Waals surface area contributed by atoms with Crippen LogP contribution in [-0.4, -0.2) is 34.6 Å². The summed E-state index contributed by atoms with van der Waals surface area (Å²) in [7, 11) is 1.65. The number of fused-ring (bicyclic) bond motifs is 1. The minimum atomic E-state index is -0.344. The summed E-state index contributed by atoms with van der Waals surface area (Å²) in [5, 5.41) is 10.7. The highest BCUT2D eigenvalue weighted by atomic mass is 32.2. The van der Waals surface area contributed by atoms with Gasteiger partial charge in [-0.3, -0.25) is 4.57 Å². The molecule has 3 heterocycles. The summed E-state index contributed by atoms with van der Waals surface area (Å²) >= 11 is 1.56. The van der Waals surface area contributed by atoms with Gasteiger partial charge in [-0.15, -0.1) is 10.2 Å². The summed E-state index contributed by atoms with van der Waals surface area (Å²) in [5.41, 5.74) is 3.20. The Morgan fingerprint density at radius 1 is 1.15 bits per heavy atom. The highest BCUT2D eigenvalue weighted by Gasteiger charge is 2.22. The summed E-state index contributed by atoms with van der Waals surface area (Å²) in [6, 6.07) is 15.3. The molecule has 7 nitrogen and oxygen atoms in total. The molecule has 33 heavy (non-hydrogen) atoms. The van der Waals surface area contributed by atoms with Crippen LogP contribution in [0.4, 0.5) is 0 Å². The Morgan fingerprint density at radius 2 is 2.00 bits per heavy atom. The number of benzene rings is 2. The minimum Gasteiger partial charge on any atom is -0.497 e. The number of methoxy groups -OCH3 is 1. The lowest BCUT2D eigenvalue weighted by Gasteiger charge is -2.15. The van der Waals surface area contributed by atoms with Crippen LogP contribution >= 0.6 is 11.8 Å². The molecule has 0 radical (unpaired) electrons. The Morgan fingerprint density at radius 3 is 2.76 bits per heavy atom. The molecule has 0 bridgehead atoms. The van der Waals surface area contributed by atoms with Gasteiger partial charge in [0.25, 0.3) is 0 Å². The van der Waals surface area contributed by atoms with Crippen LogP contribution in [0.5, 0.6) is 5.75 Å². The van der Waals surface area contributed by atoms with Gasteiger partial charge in [0.15, 0.2) is 11.0 Å². The third kappa shape index (κ3) is 4.67. The van der Waals surface area contributed by atoms with Gasteiger partial charge in [-0.2, -0.15) is 0 Å². The number of nitrogens with zero attached hydrogens (tertiary/aromatic N) is 3. The van der Waals surface area contributed by atoms with E-state index in [1.807, 2.05) is 49.4 Å². The highest BCUT2D eigenvalue weighted by molar-refractivity contribution is 7.98. The molecule has 8 heteroatoms. The lowest BCUT2D eigenvalue weighted by Crippen LogP contribution is -2.16. The van der Waals surface area contributed by atoms with Crippen molar-refractivity contribution in [1.29, 1.82) is 0 Å². The second-order valence-electron chi connectivity index (χ2n) is 8.16. The monoisotopic (exact) mass is 463 g/mol. The van der Waals surface area contributed by atoms with Gasteiger partial charge in [0, 0.05) is 29.4 Å². The van der Waals surface area contributed by atoms with Crippen molar-refractivity contribution in [3.05, 3.63) is 70.1 Å². The molecule has 1 aliphatic rings. The molecule has 0 spiro atoms. The van der Waals surface area contributed by atoms with Crippen molar-refractivity contribution >= 4 is 22.7 Å². The predicted octanol–water partition coefficient (Wildman–Crippen LogP) is 4.84. The van der Waals surface area contributed by atoms with E-state index in [1.165, 1.54) is 0 Å². The Bertz CT molecular complexity index is 1320. The third-order valence-corrected chi connectivity index (χ3v) is 6.83. The number of hydrogen-bond donors (Lipinski definition) is 0. The van der Waals surface area contributed by atoms with Crippen molar-refractivity contribution < 1.29 is 13.9 Å². The van der Waals surface area contributed by atoms with E-state index in [2.05, 4.69) is 14.8 Å². The normalized spacial score (nSPS) is 15.9. The molecule has 1 unspecified atom stereocenters. The van der Waals surface area contributed by atoms with E-state index in [1.54, 1.807) is 24.9 Å². The van der Waals surface area contributed by atoms with Crippen LogP contribution < -0.4 is 10.4 Å². The standard InChI is InChI=1S/C25H25N3O4S/c1-16-5-10-21-18(13-23(29)32-22(21)12-16)15-33-25-27-26-24(17-6-8-19(30-2)9-7-17)28(25)14-20-4-3-11-31-20/h5-10,12-13,20H,3-4,11,14-15H2,1-2H3. The van der Waals surface area contributed by atoms with Gasteiger partial charge in [-0.25, -0.2) is 4.79 Å². The van der Waals surface area contributed by atoms with Gasteiger partial charge in [0.2, 0.25) is 0 Å². The third-order valence-electron chi connectivity index (χ3n) is 5.82. The molecule has 1 atom stereocenters. The van der Waals surface area contributed by atoms with Gasteiger partial charge < -0.3 is 13.9 Å². The maximum atomic E-state index is 12.1. The van der Waals surface area contributed by atoms with Crippen LogP contribution in [0.15, 0.2) is 62.9 Å². The van der Waals surface area contributed by atoms with Gasteiger partial charge >= 0.3 is 5.63 Å². The molecular weight excluding hydrogens is 438 g/mol. The smallest absolute Gasteiger partial charge is 0.336 e. The quantitative estimate of drug-likeness (QED) is 0.287. The first-order valence-corrected chi connectivity index (χ1v) is 11.9. The molecule has 5 rings (SSSR count). The number of rotatable bonds is 7. The van der Waals surface area contributed by atoms with E-state index < -0.39 is 0 Å². The van der Waals surface area contributed by atoms with Crippen molar-refractivity contribution in [2.75, 3.05) is 13.7 Å². The molecule has 0 amide bonds. The summed E-state index contributed by atoms with van der Waals surface area (Å²) in [4.78, 5) is 12.1. The van der Waals surface area contributed by atoms with Crippen molar-refractivity contribution in [3.8, 4) is 17.1 Å². The molecule has 0 N–H and O–H groups in total. The van der Waals surface area contributed by atoms with E-state index in [4.69, 9.17) is 13.9 Å². The van der Waals surface area contributed by atoms with Crippen LogP contribution in [0.2, 0.25) is 0 Å². The fourth-order valence-electron chi connectivity index (χ4n) is 4.10. The van der Waals surface area contributed by atoms with Crippen LogP contribution in [0.1, 0.15) is 24.0 Å². The van der Waals surface area contributed by atoms with Crippen LogP contribution in [0, 0.1) is 6.92 Å². The van der Waals surface area contributed by atoms with Gasteiger partial charge in [0.05, 0.1) is 19.8 Å². The first-order valence-electron chi connectivity index (χ1n) is 11.0. The maximum absolute atomic E-state index is 12.1. The topological polar surface area (TPSA) is 79.4 Å². The SMILES string of the molecule is COc1ccc(-c2nnc(SCc3cc(=O)oc4cc(C)ccc34)n2CC2CCCO2)cc1. The fraction of sp³-hybridized carbons (Fsp3) is 0.320. The number of ether oxygens (including phenoxy) is 2. The molecular formula is C25H25N3O4S. The molecule has 4 aromatic rings. The van der Waals surface area contributed by atoms with Crippen LogP contribution in [-0.2, 0) is 17.0 Å². The fourth-order valence-corrected chi connectivity index (χ4v) is 5.04. The summed E-state index contributed by atoms with van der Waals surface area (Å²) in [6.07, 6.45) is 2.23. The largest absolute Gasteiger partial charge is 0.497 e. The first kappa shape index (κ1) is 21.7. The average molecular weight is 464 g/mol. The average Bonchev–Trinajstić information content (AvgIpc) is 3.47. The van der Waals surface area contributed by atoms with Crippen molar-refractivity contribution in [1.82, 2.24) is 14.8 Å². The molecule has 0 aliphatic carbocycles. The zero-order chi connectivity index (χ0) is 22.8. The lowest BCUT2D eigenvalue weighted by molar-refractivity contribution is 0.0953. The molecule has 1 fully saturated rings. The predicted molar refractivity (Wildman–Crippen MR) is 128 cm³/mol. The number of hydrogen-bond acceptors (Lipinski definition) is 7. The highest BCUT2D eigenvalue weighted by Crippen LogP contribution is 2.31. The maximum Gasteiger partial charge on any atom is 0.336 e. The van der Waals surface area contributed by atoms with E-state index >= 15 is 0 Å². The number of aryl methyl sites for hydroxylation is 1. The number of thioether (sulfide) groups is 1. The molecule has 2 aromatic heterocycles. The van der Waals surface area contributed by atoms with Crippen molar-refractivity contribution in [2.45, 2.75) is 43.3 Å². The van der Waals surface area contributed by atoms with E-state index in [-0.39, 0.29) is 11.7 Å². The minimum absolute atomic E-state index is 0.143. The van der Waals surface area contributed by atoms with Gasteiger partial charge in [-0.05, 0) is 61.2 Å². The summed E-state index contributed by atoms with van der Waals surface area (Å²) in [5.74, 6) is 2.17. The summed E-state index contributed by atoms with van der Waals surface area (Å²) in [6.45, 7) is 3.46. The summed E-state index contributed by atoms with van der Waals surface area (Å²) < 4.78 is 18.7. The van der Waals surface area contributed by atoms with Gasteiger partial charge in [0.1, 0.15) is 11.3 Å². The molecule has 1 saturated heterocycles. The second-order valence-corrected chi connectivity index (χ2v) is 9.10. The van der Waals surface area contributed by atoms with Gasteiger partial charge in [-0.1, -0.05) is 23.9 Å². The number of aromatic nitrogens is 3. The Hall–Kier alpha value is -3.10. The van der Waals surface area contributed by atoms with Crippen molar-refractivity contribution in [3.63, 3.8) is 0 Å². The van der Waals surface area contributed by atoms with E-state index in [0.717, 1.165) is 58.3 Å². The molecule has 1 aliphatic heterocycles. The lowest BCUT2D eigenvalue weighted by atomic mass is 10.1. The zero-order valence-corrected chi connectivity index (χ0v) is 19.4. The van der Waals surface area contributed by atoms with E-state index in [9.17, 15) is 4.79 Å². The Balaban J connectivity index is 1.47. The van der Waals surface area contributed by atoms with Crippen LogP contribution in [0.25, 0.3) is 22.4 Å². The first-order chi connectivity index (χ1) is 16.1. The van der Waals surface area contributed by atoms with E-state index in [0.29, 0.717) is 17.9 Å². The molecule has 0 saturated carbocycles. The molecule has 2 aromatic carbocycles. The molecule has 170 valence electrons. The zero-order valence-electron chi connectivity index (χ0n) is 18.6.